The van der Waals surface area contributed by atoms with Crippen LogP contribution in [0.4, 0.5) is 4.39 Å². The van der Waals surface area contributed by atoms with Crippen LogP contribution in [0.1, 0.15) is 13.8 Å². The van der Waals surface area contributed by atoms with Crippen molar-refractivity contribution in [3.8, 4) is 0 Å². The maximum absolute atomic E-state index is 12.8. The normalized spacial score (nSPS) is 17.3. The molecular weight excluding hydrogens is 127 g/mol. The second kappa shape index (κ2) is 2.68. The number of rotatable bonds is 0. The Bertz CT molecular complexity index is 260. The van der Waals surface area contributed by atoms with Crippen molar-refractivity contribution >= 4 is 0 Å². The minimum Gasteiger partial charge on any atom is -0.207 e. The maximum atomic E-state index is 12.8. The minimum atomic E-state index is -0.168. The van der Waals surface area contributed by atoms with Gasteiger partial charge in [0.05, 0.1) is 0 Å². The van der Waals surface area contributed by atoms with E-state index >= 15 is 0 Å². The van der Waals surface area contributed by atoms with E-state index in [4.69, 9.17) is 0 Å². The molecule has 0 atom stereocenters. The average molecular weight is 136 g/mol. The van der Waals surface area contributed by atoms with Gasteiger partial charge in [0.1, 0.15) is 5.83 Å². The molecule has 0 aromatic rings. The highest BCUT2D eigenvalue weighted by Gasteiger charge is 1.97. The molecule has 0 heterocycles. The minimum absolute atomic E-state index is 0.168. The summed E-state index contributed by atoms with van der Waals surface area (Å²) in [6, 6.07) is 0. The van der Waals surface area contributed by atoms with Crippen LogP contribution in [0.2, 0.25) is 0 Å². The first-order chi connectivity index (χ1) is 4.70. The molecule has 1 heteroatoms. The van der Waals surface area contributed by atoms with E-state index < -0.39 is 0 Å². The van der Waals surface area contributed by atoms with Crippen LogP contribution in [0.25, 0.3) is 0 Å². The van der Waals surface area contributed by atoms with Crippen molar-refractivity contribution in [3.63, 3.8) is 0 Å². The maximum Gasteiger partial charge on any atom is 0.127 e. The van der Waals surface area contributed by atoms with Gasteiger partial charge in [-0.1, -0.05) is 0 Å². The van der Waals surface area contributed by atoms with Crippen LogP contribution in [0.15, 0.2) is 40.9 Å². The molecule has 0 aromatic heterocycles. The first-order valence-corrected chi connectivity index (χ1v) is 3.18. The Balaban J connectivity index is 3.08. The van der Waals surface area contributed by atoms with E-state index in [0.717, 1.165) is 5.57 Å². The van der Waals surface area contributed by atoms with E-state index in [0.29, 0.717) is 5.57 Å². The fraction of sp³-hybridized carbons (Fsp3) is 0.222. The zero-order valence-electron chi connectivity index (χ0n) is 6.11. The van der Waals surface area contributed by atoms with E-state index in [9.17, 15) is 4.39 Å². The molecule has 1 aliphatic carbocycles. The predicted molar refractivity (Wildman–Crippen MR) is 40.2 cm³/mol. The van der Waals surface area contributed by atoms with Gasteiger partial charge in [0.2, 0.25) is 0 Å². The second-order valence-corrected chi connectivity index (χ2v) is 2.34. The van der Waals surface area contributed by atoms with Gasteiger partial charge in [-0.15, -0.1) is 5.73 Å². The molecular formula is C9H9F. The Labute approximate surface area is 60.1 Å². The molecule has 0 bridgehead atoms. The molecule has 0 spiro atoms. The summed E-state index contributed by atoms with van der Waals surface area (Å²) in [6.45, 7) is 3.56. The molecule has 52 valence electrons. The molecule has 0 fully saturated rings. The Hall–Kier alpha value is -1.07. The molecule has 0 saturated carbocycles. The number of hydrogen-bond donors (Lipinski definition) is 0. The zero-order chi connectivity index (χ0) is 7.56. The highest BCUT2D eigenvalue weighted by molar-refractivity contribution is 5.36. The molecule has 0 aliphatic heterocycles. The summed E-state index contributed by atoms with van der Waals surface area (Å²) in [5, 5.41) is 0. The highest BCUT2D eigenvalue weighted by atomic mass is 19.1. The van der Waals surface area contributed by atoms with Gasteiger partial charge in [-0.3, -0.25) is 0 Å². The van der Waals surface area contributed by atoms with Crippen molar-refractivity contribution in [2.75, 3.05) is 0 Å². The quantitative estimate of drug-likeness (QED) is 0.449. The van der Waals surface area contributed by atoms with Gasteiger partial charge in [0.15, 0.2) is 0 Å². The van der Waals surface area contributed by atoms with E-state index in [1.54, 1.807) is 19.1 Å². The van der Waals surface area contributed by atoms with Gasteiger partial charge in [-0.2, -0.15) is 0 Å². The van der Waals surface area contributed by atoms with Crippen LogP contribution >= 0.6 is 0 Å². The average Bonchev–Trinajstić information content (AvgIpc) is 1.96. The molecule has 0 amide bonds. The molecule has 0 saturated heterocycles. The van der Waals surface area contributed by atoms with Gasteiger partial charge in [-0.05, 0) is 43.2 Å². The summed E-state index contributed by atoms with van der Waals surface area (Å²) >= 11 is 0. The summed E-state index contributed by atoms with van der Waals surface area (Å²) in [5.41, 5.74) is 4.39. The Morgan fingerprint density at radius 3 is 2.80 bits per heavy atom. The fourth-order valence-corrected chi connectivity index (χ4v) is 0.723. The molecule has 1 rings (SSSR count). The predicted octanol–water partition coefficient (Wildman–Crippen LogP) is 2.90. The van der Waals surface area contributed by atoms with Crippen molar-refractivity contribution in [1.29, 1.82) is 0 Å². The lowest BCUT2D eigenvalue weighted by Gasteiger charge is -1.91. The molecule has 0 aromatic carbocycles. The molecule has 0 unspecified atom stereocenters. The molecule has 0 nitrogen and oxygen atoms in total. The van der Waals surface area contributed by atoms with Crippen LogP contribution < -0.4 is 0 Å². The van der Waals surface area contributed by atoms with E-state index in [-0.39, 0.29) is 5.83 Å². The molecule has 0 N–H and O–H groups in total. The topological polar surface area (TPSA) is 0 Å². The first kappa shape index (κ1) is 7.04. The van der Waals surface area contributed by atoms with Gasteiger partial charge in [-0.25, -0.2) is 4.39 Å². The van der Waals surface area contributed by atoms with Crippen LogP contribution in [-0.4, -0.2) is 0 Å². The third-order valence-corrected chi connectivity index (χ3v) is 1.36. The monoisotopic (exact) mass is 136 g/mol. The molecule has 10 heavy (non-hydrogen) atoms. The Morgan fingerprint density at radius 2 is 2.10 bits per heavy atom. The Kier molecular flexibility index (Phi) is 1.88. The highest BCUT2D eigenvalue weighted by Crippen LogP contribution is 2.15. The van der Waals surface area contributed by atoms with Crippen molar-refractivity contribution < 1.29 is 4.39 Å². The summed E-state index contributed by atoms with van der Waals surface area (Å²) in [4.78, 5) is 0. The van der Waals surface area contributed by atoms with Crippen molar-refractivity contribution in [2.24, 2.45) is 0 Å². The van der Waals surface area contributed by atoms with Gasteiger partial charge in [0, 0.05) is 0 Å². The molecule has 0 radical (unpaired) electrons. The lowest BCUT2D eigenvalue weighted by Crippen LogP contribution is -1.74. The summed E-state index contributed by atoms with van der Waals surface area (Å²) in [7, 11) is 0. The van der Waals surface area contributed by atoms with Crippen molar-refractivity contribution in [1.82, 2.24) is 0 Å². The summed E-state index contributed by atoms with van der Waals surface area (Å²) in [5.74, 6) is -0.168. The van der Waals surface area contributed by atoms with Gasteiger partial charge >= 0.3 is 0 Å². The van der Waals surface area contributed by atoms with Crippen LogP contribution in [-0.2, 0) is 0 Å². The standard InChI is InChI=1S/C9H9F/c1-7-4-3-5-8(2)9(10)6-7/h3,5-6H,1-2H3. The third-order valence-electron chi connectivity index (χ3n) is 1.36. The third kappa shape index (κ3) is 1.46. The van der Waals surface area contributed by atoms with E-state index in [2.05, 4.69) is 5.73 Å². The fourth-order valence-electron chi connectivity index (χ4n) is 0.723. The smallest absolute Gasteiger partial charge is 0.127 e. The lowest BCUT2D eigenvalue weighted by atomic mass is 10.2. The summed E-state index contributed by atoms with van der Waals surface area (Å²) < 4.78 is 12.8. The largest absolute Gasteiger partial charge is 0.207 e. The van der Waals surface area contributed by atoms with Crippen LogP contribution in [0.5, 0.6) is 0 Å². The number of allylic oxidation sites excluding steroid dienone is 5. The second-order valence-electron chi connectivity index (χ2n) is 2.34. The first-order valence-electron chi connectivity index (χ1n) is 3.18. The van der Waals surface area contributed by atoms with Crippen LogP contribution in [0.3, 0.4) is 0 Å². The van der Waals surface area contributed by atoms with E-state index in [1.807, 2.05) is 6.92 Å². The van der Waals surface area contributed by atoms with Crippen molar-refractivity contribution in [3.05, 3.63) is 40.9 Å². The SMILES string of the molecule is CC1=C=CC=C(C)C(F)=C1. The number of halogens is 1. The van der Waals surface area contributed by atoms with Crippen molar-refractivity contribution in [2.45, 2.75) is 13.8 Å². The zero-order valence-corrected chi connectivity index (χ0v) is 6.11. The Morgan fingerprint density at radius 1 is 1.40 bits per heavy atom. The summed E-state index contributed by atoms with van der Waals surface area (Å²) in [6.07, 6.45) is 4.92. The lowest BCUT2D eigenvalue weighted by molar-refractivity contribution is 0.651. The van der Waals surface area contributed by atoms with E-state index in [1.165, 1.54) is 6.08 Å². The van der Waals surface area contributed by atoms with Gasteiger partial charge in [0.25, 0.3) is 0 Å². The number of hydrogen-bond acceptors (Lipinski definition) is 0. The van der Waals surface area contributed by atoms with Crippen LogP contribution in [0, 0.1) is 0 Å². The molecule has 1 aliphatic rings. The van der Waals surface area contributed by atoms with Gasteiger partial charge < -0.3 is 0 Å².